The van der Waals surface area contributed by atoms with Crippen molar-refractivity contribution in [3.05, 3.63) is 46.7 Å². The van der Waals surface area contributed by atoms with Gasteiger partial charge in [-0.3, -0.25) is 4.79 Å². The van der Waals surface area contributed by atoms with Crippen molar-refractivity contribution in [1.29, 1.82) is 0 Å². The molecule has 1 fully saturated rings. The lowest BCUT2D eigenvalue weighted by Crippen LogP contribution is -2.35. The summed E-state index contributed by atoms with van der Waals surface area (Å²) in [6, 6.07) is 6.84. The third-order valence-electron chi connectivity index (χ3n) is 3.87. The van der Waals surface area contributed by atoms with E-state index in [0.29, 0.717) is 22.7 Å². The highest BCUT2D eigenvalue weighted by atomic mass is 35.5. The number of benzene rings is 1. The largest absolute Gasteiger partial charge is 0.348 e. The van der Waals surface area contributed by atoms with Crippen molar-refractivity contribution in [2.45, 2.75) is 19.4 Å². The van der Waals surface area contributed by atoms with Crippen molar-refractivity contribution < 1.29 is 13.2 Å². The maximum Gasteiger partial charge on any atom is 0.255 e. The van der Waals surface area contributed by atoms with Crippen LogP contribution in [-0.4, -0.2) is 41.7 Å². The number of sulfone groups is 1. The molecule has 0 spiro atoms. The van der Waals surface area contributed by atoms with Gasteiger partial charge in [0.1, 0.15) is 0 Å². The lowest BCUT2D eigenvalue weighted by Gasteiger charge is -2.10. The van der Waals surface area contributed by atoms with Crippen molar-refractivity contribution in [3.8, 4) is 5.69 Å². The molecule has 2 aromatic rings. The smallest absolute Gasteiger partial charge is 0.255 e. The Morgan fingerprint density at radius 1 is 1.43 bits per heavy atom. The highest BCUT2D eigenvalue weighted by Crippen LogP contribution is 2.18. The summed E-state index contributed by atoms with van der Waals surface area (Å²) >= 11 is 5.98. The van der Waals surface area contributed by atoms with Gasteiger partial charge in [-0.2, -0.15) is 5.10 Å². The SMILES string of the molecule is Cc1c(C(=O)NC2CCS(=O)(=O)C2)cnn1-c1cccc(Cl)c1. The van der Waals surface area contributed by atoms with Gasteiger partial charge in [-0.05, 0) is 31.5 Å². The molecule has 8 heteroatoms. The Morgan fingerprint density at radius 3 is 2.87 bits per heavy atom. The Labute approximate surface area is 139 Å². The van der Waals surface area contributed by atoms with Crippen LogP contribution >= 0.6 is 11.6 Å². The zero-order chi connectivity index (χ0) is 16.6. The molecule has 0 saturated carbocycles. The van der Waals surface area contributed by atoms with E-state index in [0.717, 1.165) is 5.69 Å². The summed E-state index contributed by atoms with van der Waals surface area (Å²) in [4.78, 5) is 12.4. The van der Waals surface area contributed by atoms with E-state index >= 15 is 0 Å². The zero-order valence-electron chi connectivity index (χ0n) is 12.5. The van der Waals surface area contributed by atoms with Crippen LogP contribution in [0.3, 0.4) is 0 Å². The normalized spacial score (nSPS) is 19.7. The molecule has 1 N–H and O–H groups in total. The van der Waals surface area contributed by atoms with Gasteiger partial charge in [0.25, 0.3) is 5.91 Å². The summed E-state index contributed by atoms with van der Waals surface area (Å²) < 4.78 is 24.6. The number of carbonyl (C=O) groups is 1. The Kier molecular flexibility index (Phi) is 4.16. The minimum atomic E-state index is -3.03. The molecule has 1 aromatic heterocycles. The van der Waals surface area contributed by atoms with Crippen molar-refractivity contribution in [3.63, 3.8) is 0 Å². The van der Waals surface area contributed by atoms with E-state index in [4.69, 9.17) is 11.6 Å². The van der Waals surface area contributed by atoms with Gasteiger partial charge in [-0.1, -0.05) is 17.7 Å². The number of rotatable bonds is 3. The number of hydrogen-bond acceptors (Lipinski definition) is 4. The summed E-state index contributed by atoms with van der Waals surface area (Å²) in [6.07, 6.45) is 1.94. The molecular formula is C15H16ClN3O3S. The Hall–Kier alpha value is -1.86. The molecule has 1 unspecified atom stereocenters. The maximum absolute atomic E-state index is 12.4. The fraction of sp³-hybridized carbons (Fsp3) is 0.333. The molecule has 122 valence electrons. The maximum atomic E-state index is 12.4. The first-order valence-corrected chi connectivity index (χ1v) is 9.37. The van der Waals surface area contributed by atoms with Crippen LogP contribution in [0.4, 0.5) is 0 Å². The number of aromatic nitrogens is 2. The first-order valence-electron chi connectivity index (χ1n) is 7.17. The summed E-state index contributed by atoms with van der Waals surface area (Å²) in [6.45, 7) is 1.79. The molecule has 0 bridgehead atoms. The minimum absolute atomic E-state index is 0.000216. The van der Waals surface area contributed by atoms with Crippen LogP contribution in [-0.2, 0) is 9.84 Å². The molecule has 6 nitrogen and oxygen atoms in total. The predicted molar refractivity (Wildman–Crippen MR) is 87.8 cm³/mol. The highest BCUT2D eigenvalue weighted by molar-refractivity contribution is 7.91. The van der Waals surface area contributed by atoms with Crippen molar-refractivity contribution >= 4 is 27.3 Å². The quantitative estimate of drug-likeness (QED) is 0.911. The molecule has 1 atom stereocenters. The van der Waals surface area contributed by atoms with Crippen molar-refractivity contribution in [2.75, 3.05) is 11.5 Å². The van der Waals surface area contributed by atoms with Crippen LogP contribution in [0.1, 0.15) is 22.5 Å². The topological polar surface area (TPSA) is 81.1 Å². The van der Waals surface area contributed by atoms with Crippen LogP contribution in [0, 0.1) is 6.92 Å². The second-order valence-corrected chi connectivity index (χ2v) is 8.27. The van der Waals surface area contributed by atoms with Gasteiger partial charge < -0.3 is 5.32 Å². The average Bonchev–Trinajstić information content (AvgIpc) is 3.01. The molecule has 1 aromatic carbocycles. The molecule has 1 aliphatic rings. The molecule has 23 heavy (non-hydrogen) atoms. The second-order valence-electron chi connectivity index (χ2n) is 5.61. The lowest BCUT2D eigenvalue weighted by atomic mass is 10.2. The monoisotopic (exact) mass is 353 g/mol. The van der Waals surface area contributed by atoms with Crippen LogP contribution in [0.25, 0.3) is 5.69 Å². The van der Waals surface area contributed by atoms with Gasteiger partial charge in [0.15, 0.2) is 9.84 Å². The molecule has 0 aliphatic carbocycles. The summed E-state index contributed by atoms with van der Waals surface area (Å²) in [5, 5.41) is 7.58. The molecule has 1 saturated heterocycles. The molecule has 1 aliphatic heterocycles. The van der Waals surface area contributed by atoms with Crippen LogP contribution < -0.4 is 5.32 Å². The average molecular weight is 354 g/mol. The third kappa shape index (κ3) is 3.40. The zero-order valence-corrected chi connectivity index (χ0v) is 14.1. The molecule has 1 amide bonds. The third-order valence-corrected chi connectivity index (χ3v) is 5.88. The fourth-order valence-electron chi connectivity index (χ4n) is 2.67. The van der Waals surface area contributed by atoms with Crippen LogP contribution in [0.2, 0.25) is 5.02 Å². The first kappa shape index (κ1) is 16.0. The Morgan fingerprint density at radius 2 is 2.22 bits per heavy atom. The standard InChI is InChI=1S/C15H16ClN3O3S/c1-10-14(15(20)18-12-5-6-23(21,22)9-12)8-17-19(10)13-4-2-3-11(16)7-13/h2-4,7-8,12H,5-6,9H2,1H3,(H,18,20). The van der Waals surface area contributed by atoms with Crippen molar-refractivity contribution in [1.82, 2.24) is 15.1 Å². The van der Waals surface area contributed by atoms with Crippen molar-refractivity contribution in [2.24, 2.45) is 0 Å². The fourth-order valence-corrected chi connectivity index (χ4v) is 4.53. The van der Waals surface area contributed by atoms with Gasteiger partial charge in [0.05, 0.1) is 34.6 Å². The van der Waals surface area contributed by atoms with Gasteiger partial charge >= 0.3 is 0 Å². The predicted octanol–water partition coefficient (Wildman–Crippen LogP) is 1.75. The molecule has 2 heterocycles. The van der Waals surface area contributed by atoms with E-state index in [1.807, 2.05) is 12.1 Å². The number of amides is 1. The van der Waals surface area contributed by atoms with E-state index in [1.165, 1.54) is 6.20 Å². The number of nitrogens with zero attached hydrogens (tertiary/aromatic N) is 2. The number of halogens is 1. The van der Waals surface area contributed by atoms with E-state index in [9.17, 15) is 13.2 Å². The number of nitrogens with one attached hydrogen (secondary N) is 1. The van der Waals surface area contributed by atoms with E-state index in [2.05, 4.69) is 10.4 Å². The van der Waals surface area contributed by atoms with E-state index in [-0.39, 0.29) is 23.5 Å². The summed E-state index contributed by atoms with van der Waals surface area (Å²) in [5.74, 6) is -0.184. The van der Waals surface area contributed by atoms with Crippen LogP contribution in [0.5, 0.6) is 0 Å². The summed E-state index contributed by atoms with van der Waals surface area (Å²) in [7, 11) is -3.03. The van der Waals surface area contributed by atoms with E-state index < -0.39 is 9.84 Å². The minimum Gasteiger partial charge on any atom is -0.348 e. The highest BCUT2D eigenvalue weighted by Gasteiger charge is 2.29. The van der Waals surface area contributed by atoms with Gasteiger partial charge in [0, 0.05) is 11.1 Å². The van der Waals surface area contributed by atoms with Crippen LogP contribution in [0.15, 0.2) is 30.5 Å². The molecule has 3 rings (SSSR count). The number of carbonyl (C=O) groups excluding carboxylic acids is 1. The van der Waals surface area contributed by atoms with Gasteiger partial charge in [-0.25, -0.2) is 13.1 Å². The molecule has 0 radical (unpaired) electrons. The van der Waals surface area contributed by atoms with E-state index in [1.54, 1.807) is 23.7 Å². The summed E-state index contributed by atoms with van der Waals surface area (Å²) in [5.41, 5.74) is 1.86. The number of hydrogen-bond donors (Lipinski definition) is 1. The van der Waals surface area contributed by atoms with Gasteiger partial charge in [-0.15, -0.1) is 0 Å². The van der Waals surface area contributed by atoms with Gasteiger partial charge in [0.2, 0.25) is 0 Å². The molecular weight excluding hydrogens is 338 g/mol. The lowest BCUT2D eigenvalue weighted by molar-refractivity contribution is 0.0940. The Balaban J connectivity index is 1.80. The Bertz CT molecular complexity index is 861. The second kappa shape index (κ2) is 5.98. The first-order chi connectivity index (χ1) is 10.9.